The number of aliphatic hydroxyl groups excluding tert-OH is 1. The lowest BCUT2D eigenvalue weighted by Crippen LogP contribution is -2.46. The summed E-state index contributed by atoms with van der Waals surface area (Å²) in [4.78, 5) is 14.2. The number of carbonyl (C=O) groups is 1. The van der Waals surface area contributed by atoms with Crippen LogP contribution in [0.2, 0.25) is 0 Å². The van der Waals surface area contributed by atoms with E-state index in [1.54, 1.807) is 52.1 Å². The van der Waals surface area contributed by atoms with Crippen LogP contribution in [-0.4, -0.2) is 40.9 Å². The van der Waals surface area contributed by atoms with Crippen molar-refractivity contribution >= 4 is 6.09 Å². The minimum absolute atomic E-state index is 0.0732. The molecule has 0 heterocycles. The molecule has 1 fully saturated rings. The molecular formula is C19H26N2O4. The molecule has 1 aromatic rings. The Morgan fingerprint density at radius 1 is 1.44 bits per heavy atom. The first-order chi connectivity index (χ1) is 11.7. The molecule has 1 unspecified atom stereocenters. The SMILES string of the molecule is COc1cccc(C(O)CN(C(=O)OC(C)(C)C)C2(CC#N)CC2)c1. The highest BCUT2D eigenvalue weighted by atomic mass is 16.6. The maximum absolute atomic E-state index is 12.7. The van der Waals surface area contributed by atoms with Crippen LogP contribution in [0, 0.1) is 11.3 Å². The quantitative estimate of drug-likeness (QED) is 0.853. The Labute approximate surface area is 149 Å². The van der Waals surface area contributed by atoms with Crippen molar-refractivity contribution in [2.24, 2.45) is 0 Å². The van der Waals surface area contributed by atoms with Crippen LogP contribution in [0.25, 0.3) is 0 Å². The molecule has 0 bridgehead atoms. The second-order valence-electron chi connectivity index (χ2n) is 7.44. The molecular weight excluding hydrogens is 320 g/mol. The summed E-state index contributed by atoms with van der Waals surface area (Å²) in [5.74, 6) is 0.638. The predicted octanol–water partition coefficient (Wildman–Crippen LogP) is 3.41. The summed E-state index contributed by atoms with van der Waals surface area (Å²) in [6.07, 6.45) is 0.327. The van der Waals surface area contributed by atoms with Gasteiger partial charge >= 0.3 is 6.09 Å². The molecule has 2 rings (SSSR count). The Morgan fingerprint density at radius 3 is 2.64 bits per heavy atom. The van der Waals surface area contributed by atoms with Gasteiger partial charge in [-0.25, -0.2) is 4.79 Å². The summed E-state index contributed by atoms with van der Waals surface area (Å²) in [7, 11) is 1.56. The molecule has 136 valence electrons. The van der Waals surface area contributed by atoms with E-state index in [1.165, 1.54) is 4.90 Å². The Bertz CT molecular complexity index is 656. The Morgan fingerprint density at radius 2 is 2.12 bits per heavy atom. The number of hydrogen-bond donors (Lipinski definition) is 1. The first-order valence-corrected chi connectivity index (χ1v) is 8.40. The van der Waals surface area contributed by atoms with Gasteiger partial charge in [-0.05, 0) is 51.3 Å². The highest BCUT2D eigenvalue weighted by Crippen LogP contribution is 2.46. The van der Waals surface area contributed by atoms with E-state index in [0.29, 0.717) is 11.3 Å². The van der Waals surface area contributed by atoms with Crippen molar-refractivity contribution in [2.75, 3.05) is 13.7 Å². The van der Waals surface area contributed by atoms with Crippen molar-refractivity contribution in [2.45, 2.75) is 57.3 Å². The zero-order chi connectivity index (χ0) is 18.7. The van der Waals surface area contributed by atoms with E-state index in [9.17, 15) is 9.90 Å². The van der Waals surface area contributed by atoms with Crippen LogP contribution < -0.4 is 4.74 Å². The van der Waals surface area contributed by atoms with Crippen molar-refractivity contribution in [3.8, 4) is 11.8 Å². The number of methoxy groups -OCH3 is 1. The fraction of sp³-hybridized carbons (Fsp3) is 0.579. The highest BCUT2D eigenvalue weighted by molar-refractivity contribution is 5.70. The zero-order valence-electron chi connectivity index (χ0n) is 15.3. The number of β-amino-alcohol motifs (C(OH)–C–C–N with tert-alkyl or cyclic N) is 1. The van der Waals surface area contributed by atoms with Crippen LogP contribution >= 0.6 is 0 Å². The van der Waals surface area contributed by atoms with Crippen LogP contribution in [0.3, 0.4) is 0 Å². The molecule has 0 aromatic heterocycles. The van der Waals surface area contributed by atoms with Gasteiger partial charge in [-0.1, -0.05) is 12.1 Å². The lowest BCUT2D eigenvalue weighted by molar-refractivity contribution is 0.000216. The maximum atomic E-state index is 12.7. The van der Waals surface area contributed by atoms with E-state index in [1.807, 2.05) is 0 Å². The molecule has 6 nitrogen and oxygen atoms in total. The molecule has 1 saturated carbocycles. The molecule has 0 aliphatic heterocycles. The fourth-order valence-corrected chi connectivity index (χ4v) is 2.74. The van der Waals surface area contributed by atoms with E-state index in [4.69, 9.17) is 14.7 Å². The Hall–Kier alpha value is -2.26. The second kappa shape index (κ2) is 7.32. The second-order valence-corrected chi connectivity index (χ2v) is 7.44. The minimum Gasteiger partial charge on any atom is -0.497 e. The monoisotopic (exact) mass is 346 g/mol. The van der Waals surface area contributed by atoms with Crippen molar-refractivity contribution in [3.63, 3.8) is 0 Å². The Balaban J connectivity index is 2.21. The van der Waals surface area contributed by atoms with Crippen molar-refractivity contribution in [3.05, 3.63) is 29.8 Å². The molecule has 1 aliphatic rings. The summed E-state index contributed by atoms with van der Waals surface area (Å²) in [5.41, 5.74) is -0.517. The summed E-state index contributed by atoms with van der Waals surface area (Å²) in [5, 5.41) is 19.7. The molecule has 1 aromatic carbocycles. The number of amides is 1. The van der Waals surface area contributed by atoms with Crippen LogP contribution in [0.5, 0.6) is 5.75 Å². The first-order valence-electron chi connectivity index (χ1n) is 8.40. The predicted molar refractivity (Wildman–Crippen MR) is 93.1 cm³/mol. The van der Waals surface area contributed by atoms with Gasteiger partial charge < -0.3 is 14.6 Å². The first kappa shape index (κ1) is 19.1. The molecule has 0 saturated heterocycles. The average Bonchev–Trinajstić information content (AvgIpc) is 3.31. The topological polar surface area (TPSA) is 82.8 Å². The van der Waals surface area contributed by atoms with Gasteiger partial charge in [0.15, 0.2) is 0 Å². The largest absolute Gasteiger partial charge is 0.497 e. The van der Waals surface area contributed by atoms with Crippen LogP contribution in [-0.2, 0) is 4.74 Å². The van der Waals surface area contributed by atoms with Crippen molar-refractivity contribution < 1.29 is 19.4 Å². The van der Waals surface area contributed by atoms with Gasteiger partial charge in [0, 0.05) is 0 Å². The number of nitrogens with zero attached hydrogens (tertiary/aromatic N) is 2. The lowest BCUT2D eigenvalue weighted by atomic mass is 10.1. The number of ether oxygens (including phenoxy) is 2. The van der Waals surface area contributed by atoms with E-state index in [2.05, 4.69) is 6.07 Å². The normalized spacial score (nSPS) is 16.5. The lowest BCUT2D eigenvalue weighted by Gasteiger charge is -2.34. The molecule has 0 radical (unpaired) electrons. The molecule has 25 heavy (non-hydrogen) atoms. The molecule has 0 spiro atoms. The number of carbonyl (C=O) groups excluding carboxylic acids is 1. The van der Waals surface area contributed by atoms with Crippen LogP contribution in [0.4, 0.5) is 4.79 Å². The third-order valence-corrected chi connectivity index (χ3v) is 4.26. The van der Waals surface area contributed by atoms with E-state index < -0.39 is 23.3 Å². The van der Waals surface area contributed by atoms with Gasteiger partial charge in [0.05, 0.1) is 37.8 Å². The third kappa shape index (κ3) is 4.86. The molecule has 1 aliphatic carbocycles. The zero-order valence-corrected chi connectivity index (χ0v) is 15.3. The summed E-state index contributed by atoms with van der Waals surface area (Å²) in [6.45, 7) is 5.46. The summed E-state index contributed by atoms with van der Waals surface area (Å²) < 4.78 is 10.7. The third-order valence-electron chi connectivity index (χ3n) is 4.26. The number of aliphatic hydroxyl groups is 1. The molecule has 1 atom stereocenters. The van der Waals surface area contributed by atoms with Gasteiger partial charge in [-0.15, -0.1) is 0 Å². The Kier molecular flexibility index (Phi) is 5.58. The molecule has 1 N–H and O–H groups in total. The van der Waals surface area contributed by atoms with Gasteiger partial charge in [0.1, 0.15) is 11.4 Å². The van der Waals surface area contributed by atoms with Gasteiger partial charge in [0.25, 0.3) is 0 Å². The number of rotatable bonds is 6. The average molecular weight is 346 g/mol. The fourth-order valence-electron chi connectivity index (χ4n) is 2.74. The van der Waals surface area contributed by atoms with E-state index in [-0.39, 0.29) is 13.0 Å². The number of nitriles is 1. The maximum Gasteiger partial charge on any atom is 0.410 e. The van der Waals surface area contributed by atoms with Crippen LogP contribution in [0.1, 0.15) is 51.7 Å². The van der Waals surface area contributed by atoms with Crippen LogP contribution in [0.15, 0.2) is 24.3 Å². The summed E-state index contributed by atoms with van der Waals surface area (Å²) >= 11 is 0. The summed E-state index contributed by atoms with van der Waals surface area (Å²) in [6, 6.07) is 9.25. The number of hydrogen-bond acceptors (Lipinski definition) is 5. The van der Waals surface area contributed by atoms with Crippen molar-refractivity contribution in [1.29, 1.82) is 5.26 Å². The van der Waals surface area contributed by atoms with E-state index in [0.717, 1.165) is 12.8 Å². The smallest absolute Gasteiger partial charge is 0.410 e. The van der Waals surface area contributed by atoms with Crippen molar-refractivity contribution in [1.82, 2.24) is 4.90 Å². The molecule has 1 amide bonds. The standard InChI is InChI=1S/C19H26N2O4/c1-18(2,3)25-17(23)21(19(8-9-19)10-11-20)13-16(22)14-6-5-7-15(12-14)24-4/h5-7,12,16,22H,8-10,13H2,1-4H3. The minimum atomic E-state index is -0.890. The molecule has 6 heteroatoms. The highest BCUT2D eigenvalue weighted by Gasteiger charge is 2.51. The van der Waals surface area contributed by atoms with E-state index >= 15 is 0 Å². The van der Waals surface area contributed by atoms with Gasteiger partial charge in [0.2, 0.25) is 0 Å². The number of benzene rings is 1. The van der Waals surface area contributed by atoms with Gasteiger partial charge in [-0.2, -0.15) is 5.26 Å². The van der Waals surface area contributed by atoms with Gasteiger partial charge in [-0.3, -0.25) is 4.90 Å².